The van der Waals surface area contributed by atoms with Gasteiger partial charge >= 0.3 is 5.97 Å². The van der Waals surface area contributed by atoms with E-state index >= 15 is 0 Å². The number of ether oxygens (including phenoxy) is 1. The smallest absolute Gasteiger partial charge is 0.308 e. The third kappa shape index (κ3) is 6.93. The summed E-state index contributed by atoms with van der Waals surface area (Å²) < 4.78 is 5.02. The van der Waals surface area contributed by atoms with Crippen molar-refractivity contribution >= 4 is 11.9 Å². The number of carboxylic acids is 1. The van der Waals surface area contributed by atoms with Crippen LogP contribution in [-0.4, -0.2) is 48.7 Å². The fourth-order valence-electron chi connectivity index (χ4n) is 2.89. The Balaban J connectivity index is 2.51. The summed E-state index contributed by atoms with van der Waals surface area (Å²) in [5, 5.41) is 9.04. The monoisotopic (exact) mass is 299 g/mol. The molecule has 5 nitrogen and oxygen atoms in total. The van der Waals surface area contributed by atoms with Gasteiger partial charge in [-0.25, -0.2) is 0 Å². The minimum atomic E-state index is -0.850. The van der Waals surface area contributed by atoms with Crippen LogP contribution in [0.2, 0.25) is 0 Å². The largest absolute Gasteiger partial charge is 0.481 e. The van der Waals surface area contributed by atoms with Gasteiger partial charge in [0.2, 0.25) is 5.91 Å². The van der Waals surface area contributed by atoms with Crippen LogP contribution in [-0.2, 0) is 14.3 Å². The average Bonchev–Trinajstić information content (AvgIpc) is 2.47. The number of carbonyl (C=O) groups excluding carboxylic acids is 1. The van der Waals surface area contributed by atoms with Gasteiger partial charge in [-0.05, 0) is 25.2 Å². The topological polar surface area (TPSA) is 66.8 Å². The van der Waals surface area contributed by atoms with Crippen LogP contribution in [0.3, 0.4) is 0 Å². The average molecular weight is 299 g/mol. The lowest BCUT2D eigenvalue weighted by Gasteiger charge is -2.28. The lowest BCUT2D eigenvalue weighted by Crippen LogP contribution is -2.39. The van der Waals surface area contributed by atoms with E-state index in [0.29, 0.717) is 32.0 Å². The van der Waals surface area contributed by atoms with E-state index in [9.17, 15) is 9.59 Å². The van der Waals surface area contributed by atoms with Crippen LogP contribution >= 0.6 is 0 Å². The van der Waals surface area contributed by atoms with E-state index in [-0.39, 0.29) is 5.91 Å². The quantitative estimate of drug-likeness (QED) is 0.664. The molecule has 1 amide bonds. The van der Waals surface area contributed by atoms with Gasteiger partial charge in [0, 0.05) is 33.2 Å². The lowest BCUT2D eigenvalue weighted by atomic mass is 9.86. The Hall–Kier alpha value is -1.10. The SMILES string of the molecule is COCCCN(CC(C)C(=O)O)C(=O)CC1CCCCC1. The Labute approximate surface area is 127 Å². The Bertz CT molecular complexity index is 326. The van der Waals surface area contributed by atoms with Gasteiger partial charge in [-0.3, -0.25) is 9.59 Å². The van der Waals surface area contributed by atoms with E-state index in [1.165, 1.54) is 19.3 Å². The Morgan fingerprint density at radius 3 is 2.52 bits per heavy atom. The summed E-state index contributed by atoms with van der Waals surface area (Å²) in [6, 6.07) is 0. The zero-order valence-electron chi connectivity index (χ0n) is 13.3. The highest BCUT2D eigenvalue weighted by Gasteiger charge is 2.23. The molecule has 0 radical (unpaired) electrons. The molecule has 0 aromatic heterocycles. The zero-order chi connectivity index (χ0) is 15.7. The predicted molar refractivity (Wildman–Crippen MR) is 81.1 cm³/mol. The van der Waals surface area contributed by atoms with Gasteiger partial charge in [0.25, 0.3) is 0 Å². The third-order valence-electron chi connectivity index (χ3n) is 4.23. The standard InChI is InChI=1S/C16H29NO4/c1-13(16(19)20)12-17(9-6-10-21-2)15(18)11-14-7-4-3-5-8-14/h13-14H,3-12H2,1-2H3,(H,19,20). The fourth-order valence-corrected chi connectivity index (χ4v) is 2.89. The van der Waals surface area contributed by atoms with Crippen LogP contribution in [0.5, 0.6) is 0 Å². The number of carboxylic acid groups (broad SMARTS) is 1. The van der Waals surface area contributed by atoms with Crippen molar-refractivity contribution in [3.8, 4) is 0 Å². The van der Waals surface area contributed by atoms with E-state index in [2.05, 4.69) is 0 Å². The third-order valence-corrected chi connectivity index (χ3v) is 4.23. The number of hydrogen-bond donors (Lipinski definition) is 1. The molecule has 5 heteroatoms. The van der Waals surface area contributed by atoms with Crippen molar-refractivity contribution in [2.45, 2.75) is 51.9 Å². The van der Waals surface area contributed by atoms with Crippen LogP contribution < -0.4 is 0 Å². The molecule has 1 saturated carbocycles. The molecule has 0 aliphatic heterocycles. The van der Waals surface area contributed by atoms with Crippen LogP contribution in [0.4, 0.5) is 0 Å². The molecular formula is C16H29NO4. The molecule has 1 aliphatic rings. The molecule has 21 heavy (non-hydrogen) atoms. The molecule has 0 aromatic rings. The summed E-state index contributed by atoms with van der Waals surface area (Å²) in [5.41, 5.74) is 0. The second-order valence-electron chi connectivity index (χ2n) is 6.13. The number of hydrogen-bond acceptors (Lipinski definition) is 3. The van der Waals surface area contributed by atoms with Crippen LogP contribution in [0.1, 0.15) is 51.9 Å². The van der Waals surface area contributed by atoms with Gasteiger partial charge in [0.1, 0.15) is 0 Å². The van der Waals surface area contributed by atoms with Crippen molar-refractivity contribution in [2.24, 2.45) is 11.8 Å². The summed E-state index contributed by atoms with van der Waals surface area (Å²) in [4.78, 5) is 25.2. The number of nitrogens with zero attached hydrogens (tertiary/aromatic N) is 1. The van der Waals surface area contributed by atoms with Crippen molar-refractivity contribution in [1.82, 2.24) is 4.90 Å². The number of carbonyl (C=O) groups is 2. The van der Waals surface area contributed by atoms with E-state index in [0.717, 1.165) is 19.3 Å². The normalized spacial score (nSPS) is 17.4. The molecule has 1 atom stereocenters. The molecule has 0 aromatic carbocycles. The summed E-state index contributed by atoms with van der Waals surface area (Å²) in [5.74, 6) is -0.789. The first kappa shape index (κ1) is 18.0. The second-order valence-corrected chi connectivity index (χ2v) is 6.13. The van der Waals surface area contributed by atoms with Gasteiger partial charge in [-0.2, -0.15) is 0 Å². The number of rotatable bonds is 9. The van der Waals surface area contributed by atoms with Crippen molar-refractivity contribution in [2.75, 3.05) is 26.8 Å². The molecule has 0 spiro atoms. The van der Waals surface area contributed by atoms with E-state index in [1.807, 2.05) is 0 Å². The highest BCUT2D eigenvalue weighted by Crippen LogP contribution is 2.27. The summed E-state index contributed by atoms with van der Waals surface area (Å²) in [6.07, 6.45) is 7.29. The lowest BCUT2D eigenvalue weighted by molar-refractivity contribution is -0.143. The van der Waals surface area contributed by atoms with Gasteiger partial charge in [0.15, 0.2) is 0 Å². The Morgan fingerprint density at radius 2 is 1.95 bits per heavy atom. The maximum atomic E-state index is 12.5. The minimum Gasteiger partial charge on any atom is -0.481 e. The molecular weight excluding hydrogens is 270 g/mol. The molecule has 1 unspecified atom stereocenters. The zero-order valence-corrected chi connectivity index (χ0v) is 13.3. The molecule has 1 N–H and O–H groups in total. The summed E-state index contributed by atoms with van der Waals surface area (Å²) in [7, 11) is 1.63. The van der Waals surface area contributed by atoms with Crippen molar-refractivity contribution in [3.63, 3.8) is 0 Å². The molecule has 0 heterocycles. The van der Waals surface area contributed by atoms with Gasteiger partial charge in [-0.15, -0.1) is 0 Å². The summed E-state index contributed by atoms with van der Waals surface area (Å²) in [6.45, 7) is 3.12. The first-order valence-corrected chi connectivity index (χ1v) is 8.04. The van der Waals surface area contributed by atoms with Crippen LogP contribution in [0.15, 0.2) is 0 Å². The fraction of sp³-hybridized carbons (Fsp3) is 0.875. The van der Waals surface area contributed by atoms with Crippen LogP contribution in [0, 0.1) is 11.8 Å². The minimum absolute atomic E-state index is 0.103. The van der Waals surface area contributed by atoms with Crippen molar-refractivity contribution < 1.29 is 19.4 Å². The van der Waals surface area contributed by atoms with Crippen molar-refractivity contribution in [1.29, 1.82) is 0 Å². The van der Waals surface area contributed by atoms with E-state index in [1.54, 1.807) is 18.9 Å². The molecule has 1 fully saturated rings. The van der Waals surface area contributed by atoms with Gasteiger partial charge < -0.3 is 14.7 Å². The van der Waals surface area contributed by atoms with Gasteiger partial charge in [0.05, 0.1) is 5.92 Å². The van der Waals surface area contributed by atoms with E-state index < -0.39 is 11.9 Å². The van der Waals surface area contributed by atoms with Crippen molar-refractivity contribution in [3.05, 3.63) is 0 Å². The van der Waals surface area contributed by atoms with E-state index in [4.69, 9.17) is 9.84 Å². The first-order valence-electron chi connectivity index (χ1n) is 8.04. The number of methoxy groups -OCH3 is 1. The highest BCUT2D eigenvalue weighted by atomic mass is 16.5. The molecule has 122 valence electrons. The maximum Gasteiger partial charge on any atom is 0.308 e. The number of aliphatic carboxylic acids is 1. The second kappa shape index (κ2) is 9.77. The Kier molecular flexibility index (Phi) is 8.35. The maximum absolute atomic E-state index is 12.5. The molecule has 0 bridgehead atoms. The Morgan fingerprint density at radius 1 is 1.29 bits per heavy atom. The molecule has 1 aliphatic carbocycles. The first-order chi connectivity index (χ1) is 10.0. The molecule has 0 saturated heterocycles. The predicted octanol–water partition coefficient (Wildman–Crippen LogP) is 2.54. The van der Waals surface area contributed by atoms with Crippen LogP contribution in [0.25, 0.3) is 0 Å². The highest BCUT2D eigenvalue weighted by molar-refractivity contribution is 5.77. The van der Waals surface area contributed by atoms with Gasteiger partial charge in [-0.1, -0.05) is 26.2 Å². The summed E-state index contributed by atoms with van der Waals surface area (Å²) >= 11 is 0. The molecule has 1 rings (SSSR count). The number of amides is 1.